The van der Waals surface area contributed by atoms with Crippen molar-refractivity contribution in [1.29, 1.82) is 0 Å². The average molecular weight is 485 g/mol. The number of allylic oxidation sites excluding steroid dienone is 2. The number of methoxy groups -OCH3 is 2. The van der Waals surface area contributed by atoms with Crippen molar-refractivity contribution in [2.24, 2.45) is 0 Å². The Bertz CT molecular complexity index is 1390. The Morgan fingerprint density at radius 2 is 1.66 bits per heavy atom. The molecule has 0 saturated heterocycles. The van der Waals surface area contributed by atoms with E-state index in [-0.39, 0.29) is 22.7 Å². The van der Waals surface area contributed by atoms with Crippen LogP contribution in [0.15, 0.2) is 29.0 Å². The third-order valence-electron chi connectivity index (χ3n) is 7.46. The first kappa shape index (κ1) is 24.7. The van der Waals surface area contributed by atoms with Crippen LogP contribution in [0.4, 0.5) is 14.3 Å². The van der Waals surface area contributed by atoms with Crippen molar-refractivity contribution >= 4 is 23.9 Å². The fourth-order valence-electron chi connectivity index (χ4n) is 5.95. The molecule has 0 spiro atoms. The van der Waals surface area contributed by atoms with Gasteiger partial charge in [0.1, 0.15) is 5.71 Å². The van der Waals surface area contributed by atoms with E-state index in [0.29, 0.717) is 52.3 Å². The second-order valence-electron chi connectivity index (χ2n) is 8.97. The largest absolute Gasteiger partial charge is 0.737 e. The van der Waals surface area contributed by atoms with Gasteiger partial charge < -0.3 is 27.1 Å². The van der Waals surface area contributed by atoms with Gasteiger partial charge in [0.05, 0.1) is 36.3 Å². The van der Waals surface area contributed by atoms with E-state index in [4.69, 9.17) is 9.47 Å². The SMILES string of the molecule is CCC1=C(C)C2=C(c3cc(OC)c(OC)cc3[N+](=O)[O-])c3c(C)c(CC)c(C)n3[B-](F)(F)[N+]2=C1C. The molecule has 2 aromatic rings. The molecule has 7 nitrogen and oxygen atoms in total. The lowest BCUT2D eigenvalue weighted by Crippen LogP contribution is -2.51. The van der Waals surface area contributed by atoms with Gasteiger partial charge in [-0.25, -0.2) is 0 Å². The summed E-state index contributed by atoms with van der Waals surface area (Å²) >= 11 is 0. The Kier molecular flexibility index (Phi) is 5.89. The molecule has 0 N–H and O–H groups in total. The summed E-state index contributed by atoms with van der Waals surface area (Å²) in [5, 5.41) is 12.2. The first-order chi connectivity index (χ1) is 16.5. The molecule has 0 unspecified atom stereocenters. The van der Waals surface area contributed by atoms with E-state index in [1.807, 2.05) is 27.7 Å². The van der Waals surface area contributed by atoms with Crippen molar-refractivity contribution in [3.8, 4) is 11.5 Å². The first-order valence-corrected chi connectivity index (χ1v) is 11.7. The zero-order valence-corrected chi connectivity index (χ0v) is 21.4. The van der Waals surface area contributed by atoms with Crippen LogP contribution in [0.2, 0.25) is 0 Å². The minimum absolute atomic E-state index is 0.198. The second kappa shape index (κ2) is 8.36. The maximum Gasteiger partial charge on any atom is 0.737 e. The third kappa shape index (κ3) is 3.18. The quantitative estimate of drug-likeness (QED) is 0.295. The van der Waals surface area contributed by atoms with E-state index in [0.717, 1.165) is 20.1 Å². The van der Waals surface area contributed by atoms with Crippen molar-refractivity contribution in [1.82, 2.24) is 4.48 Å². The van der Waals surface area contributed by atoms with Crippen LogP contribution < -0.4 is 9.47 Å². The van der Waals surface area contributed by atoms with E-state index >= 15 is 8.63 Å². The maximum atomic E-state index is 16.4. The normalized spacial score (nSPS) is 16.6. The van der Waals surface area contributed by atoms with Crippen LogP contribution in [0, 0.1) is 24.0 Å². The Labute approximate surface area is 203 Å². The van der Waals surface area contributed by atoms with Crippen LogP contribution in [0.5, 0.6) is 11.5 Å². The number of hydrogen-bond acceptors (Lipinski definition) is 4. The van der Waals surface area contributed by atoms with Crippen LogP contribution in [0.25, 0.3) is 5.57 Å². The smallest absolute Gasteiger partial charge is 0.493 e. The lowest BCUT2D eigenvalue weighted by molar-refractivity contribution is -0.385. The molecule has 10 heteroatoms. The highest BCUT2D eigenvalue weighted by Crippen LogP contribution is 2.50. The summed E-state index contributed by atoms with van der Waals surface area (Å²) < 4.78 is 45.7. The monoisotopic (exact) mass is 485 g/mol. The summed E-state index contributed by atoms with van der Waals surface area (Å²) in [5.41, 5.74) is 5.00. The highest BCUT2D eigenvalue weighted by atomic mass is 19.2. The predicted octanol–water partition coefficient (Wildman–Crippen LogP) is 5.80. The molecule has 0 fully saturated rings. The van der Waals surface area contributed by atoms with Gasteiger partial charge in [0.2, 0.25) is 0 Å². The molecule has 1 aromatic carbocycles. The lowest BCUT2D eigenvalue weighted by atomic mass is 9.83. The van der Waals surface area contributed by atoms with Crippen molar-refractivity contribution in [3.63, 3.8) is 0 Å². The average Bonchev–Trinajstić information content (AvgIpc) is 3.23. The first-order valence-electron chi connectivity index (χ1n) is 11.7. The molecular weight excluding hydrogens is 455 g/mol. The maximum absolute atomic E-state index is 16.4. The Hall–Kier alpha value is -3.43. The van der Waals surface area contributed by atoms with E-state index in [9.17, 15) is 10.1 Å². The van der Waals surface area contributed by atoms with Gasteiger partial charge in [0.25, 0.3) is 5.69 Å². The highest BCUT2D eigenvalue weighted by Gasteiger charge is 2.57. The molecule has 35 heavy (non-hydrogen) atoms. The fraction of sp³-hybridized carbons (Fsp3) is 0.400. The van der Waals surface area contributed by atoms with E-state index in [1.54, 1.807) is 13.8 Å². The predicted molar refractivity (Wildman–Crippen MR) is 133 cm³/mol. The minimum atomic E-state index is -4.22. The van der Waals surface area contributed by atoms with E-state index in [1.165, 1.54) is 26.4 Å². The Morgan fingerprint density at radius 3 is 2.17 bits per heavy atom. The van der Waals surface area contributed by atoms with Crippen molar-refractivity contribution in [2.75, 3.05) is 14.2 Å². The molecular formula is C25H30BF2N3O4. The van der Waals surface area contributed by atoms with E-state index in [2.05, 4.69) is 0 Å². The standard InChI is InChI=1S/C25H30BF2N3O4/c1-9-17-13(3)24-23(19-11-21(34-7)22(35-8)12-20(19)31(32)33)25-14(4)18(10-2)16(6)30(25)26(27,28)29(24)15(17)5/h11-12H,9-10H2,1-8H3. The number of nitro benzene ring substituents is 1. The van der Waals surface area contributed by atoms with Crippen LogP contribution in [0.1, 0.15) is 62.2 Å². The van der Waals surface area contributed by atoms with Crippen LogP contribution >= 0.6 is 0 Å². The summed E-state index contributed by atoms with van der Waals surface area (Å²) in [4.78, 5) is 11.7. The second-order valence-corrected chi connectivity index (χ2v) is 8.97. The molecule has 3 heterocycles. The molecule has 2 aliphatic heterocycles. The number of ether oxygens (including phenoxy) is 2. The van der Waals surface area contributed by atoms with Gasteiger partial charge in [0, 0.05) is 23.8 Å². The summed E-state index contributed by atoms with van der Waals surface area (Å²) in [6.45, 7) is 6.66. The highest BCUT2D eigenvalue weighted by molar-refractivity contribution is 6.58. The fourth-order valence-corrected chi connectivity index (χ4v) is 5.95. The zero-order chi connectivity index (χ0) is 26.0. The number of fused-ring (bicyclic) bond motifs is 2. The van der Waals surface area contributed by atoms with Gasteiger partial charge in [-0.05, 0) is 56.5 Å². The number of benzene rings is 1. The summed E-state index contributed by atoms with van der Waals surface area (Å²) in [5.74, 6) is 0.485. The lowest BCUT2D eigenvalue weighted by Gasteiger charge is -2.34. The van der Waals surface area contributed by atoms with Gasteiger partial charge in [-0.3, -0.25) is 10.1 Å². The van der Waals surface area contributed by atoms with E-state index < -0.39 is 11.9 Å². The van der Waals surface area contributed by atoms with Crippen molar-refractivity contribution in [3.05, 3.63) is 67.2 Å². The van der Waals surface area contributed by atoms with Crippen molar-refractivity contribution in [2.45, 2.75) is 54.4 Å². The molecule has 0 radical (unpaired) electrons. The summed E-state index contributed by atoms with van der Waals surface area (Å²) in [6.07, 6.45) is 1.14. The van der Waals surface area contributed by atoms with Crippen LogP contribution in [-0.2, 0) is 6.42 Å². The zero-order valence-electron chi connectivity index (χ0n) is 21.4. The summed E-state index contributed by atoms with van der Waals surface area (Å²) in [7, 11) is 2.84. The molecule has 0 atom stereocenters. The van der Waals surface area contributed by atoms with Gasteiger partial charge in [-0.15, -0.1) is 0 Å². The van der Waals surface area contributed by atoms with Gasteiger partial charge >= 0.3 is 6.97 Å². The summed E-state index contributed by atoms with van der Waals surface area (Å²) in [6, 6.07) is 2.82. The van der Waals surface area contributed by atoms with Crippen LogP contribution in [-0.4, -0.2) is 40.8 Å². The number of rotatable bonds is 6. The number of nitro groups is 1. The molecule has 0 aliphatic carbocycles. The van der Waals surface area contributed by atoms with Crippen LogP contribution in [0.3, 0.4) is 0 Å². The third-order valence-corrected chi connectivity index (χ3v) is 7.46. The number of nitrogens with zero attached hydrogens (tertiary/aromatic N) is 3. The van der Waals surface area contributed by atoms with Gasteiger partial charge in [0.15, 0.2) is 17.2 Å². The molecule has 0 amide bonds. The molecule has 0 saturated carbocycles. The topological polar surface area (TPSA) is 69.5 Å². The molecule has 186 valence electrons. The number of halogens is 2. The minimum Gasteiger partial charge on any atom is -0.493 e. The molecule has 2 aliphatic rings. The van der Waals surface area contributed by atoms with Gasteiger partial charge in [-0.2, -0.15) is 0 Å². The number of hydrogen-bond donors (Lipinski definition) is 0. The molecule has 4 rings (SSSR count). The molecule has 1 aromatic heterocycles. The van der Waals surface area contributed by atoms with Gasteiger partial charge in [-0.1, -0.05) is 13.8 Å². The van der Waals surface area contributed by atoms with Crippen molar-refractivity contribution < 1.29 is 27.5 Å². The Morgan fingerprint density at radius 1 is 1.06 bits per heavy atom. The number of aromatic nitrogens is 1. The molecule has 0 bridgehead atoms. The Balaban J connectivity index is 2.29.